The molecule has 1 unspecified atom stereocenters. The number of hydrogen-bond donors (Lipinski definition) is 1. The molecule has 0 amide bonds. The van der Waals surface area contributed by atoms with E-state index in [0.29, 0.717) is 11.8 Å². The zero-order valence-corrected chi connectivity index (χ0v) is 14.0. The molecule has 0 spiro atoms. The monoisotopic (exact) mass is 277 g/mol. The molecule has 114 valence electrons. The number of hydrogen-bond acceptors (Lipinski definition) is 2. The minimum Gasteiger partial charge on any atom is -0.489 e. The van der Waals surface area contributed by atoms with E-state index in [1.807, 2.05) is 0 Å². The Morgan fingerprint density at radius 2 is 1.85 bits per heavy atom. The first-order chi connectivity index (χ1) is 9.45. The van der Waals surface area contributed by atoms with Gasteiger partial charge in [0, 0.05) is 6.54 Å². The fraction of sp³-hybridized carbons (Fsp3) is 0.667. The number of benzene rings is 1. The van der Waals surface area contributed by atoms with E-state index in [1.165, 1.54) is 11.1 Å². The quantitative estimate of drug-likeness (QED) is 0.705. The van der Waals surface area contributed by atoms with E-state index in [2.05, 4.69) is 65.1 Å². The van der Waals surface area contributed by atoms with Gasteiger partial charge >= 0.3 is 0 Å². The van der Waals surface area contributed by atoms with Gasteiger partial charge in [-0.05, 0) is 48.9 Å². The Morgan fingerprint density at radius 1 is 1.15 bits per heavy atom. The molecular formula is C18H31NO. The molecule has 0 aliphatic rings. The van der Waals surface area contributed by atoms with Crippen molar-refractivity contribution >= 4 is 0 Å². The highest BCUT2D eigenvalue weighted by atomic mass is 16.5. The summed E-state index contributed by atoms with van der Waals surface area (Å²) in [4.78, 5) is 0. The third-order valence-electron chi connectivity index (χ3n) is 3.67. The normalized spacial score (nSPS) is 13.0. The molecule has 0 aliphatic heterocycles. The Balaban J connectivity index is 2.79. The van der Waals surface area contributed by atoms with Gasteiger partial charge in [-0.1, -0.05) is 46.8 Å². The maximum absolute atomic E-state index is 6.28. The van der Waals surface area contributed by atoms with Crippen LogP contribution < -0.4 is 10.1 Å². The Hall–Kier alpha value is -1.02. The molecule has 0 bridgehead atoms. The predicted octanol–water partition coefficient (Wildman–Crippen LogP) is 4.52. The molecule has 0 aromatic heterocycles. The lowest BCUT2D eigenvalue weighted by molar-refractivity contribution is 0.148. The molecule has 20 heavy (non-hydrogen) atoms. The summed E-state index contributed by atoms with van der Waals surface area (Å²) in [5.74, 6) is 2.07. The van der Waals surface area contributed by atoms with Crippen molar-refractivity contribution in [3.8, 4) is 5.75 Å². The van der Waals surface area contributed by atoms with Crippen LogP contribution in [0, 0.1) is 12.8 Å². The van der Waals surface area contributed by atoms with Crippen LogP contribution in [0.15, 0.2) is 18.2 Å². The standard InChI is InChI=1S/C18H31NO/c1-7-10-19-12-18(14(4)5)20-17-11-16(13(2)3)9-8-15(17)6/h8-9,11,13-14,18-19H,7,10,12H2,1-6H3. The summed E-state index contributed by atoms with van der Waals surface area (Å²) in [5.41, 5.74) is 2.56. The molecular weight excluding hydrogens is 246 g/mol. The van der Waals surface area contributed by atoms with Crippen LogP contribution >= 0.6 is 0 Å². The first-order valence-electron chi connectivity index (χ1n) is 7.93. The van der Waals surface area contributed by atoms with Crippen LogP contribution in [0.2, 0.25) is 0 Å². The lowest BCUT2D eigenvalue weighted by Crippen LogP contribution is -2.36. The van der Waals surface area contributed by atoms with Crippen molar-refractivity contribution in [2.75, 3.05) is 13.1 Å². The van der Waals surface area contributed by atoms with Crippen molar-refractivity contribution in [3.63, 3.8) is 0 Å². The van der Waals surface area contributed by atoms with E-state index in [-0.39, 0.29) is 6.10 Å². The SMILES string of the molecule is CCCNCC(Oc1cc(C(C)C)ccc1C)C(C)C. The molecule has 0 saturated heterocycles. The zero-order valence-electron chi connectivity index (χ0n) is 14.0. The van der Waals surface area contributed by atoms with Crippen molar-refractivity contribution in [2.45, 2.75) is 60.0 Å². The van der Waals surface area contributed by atoms with Gasteiger partial charge in [-0.2, -0.15) is 0 Å². The smallest absolute Gasteiger partial charge is 0.122 e. The van der Waals surface area contributed by atoms with E-state index >= 15 is 0 Å². The van der Waals surface area contributed by atoms with Gasteiger partial charge < -0.3 is 10.1 Å². The second-order valence-corrected chi connectivity index (χ2v) is 6.28. The number of nitrogens with one attached hydrogen (secondary N) is 1. The minimum atomic E-state index is 0.225. The maximum atomic E-state index is 6.28. The zero-order chi connectivity index (χ0) is 15.1. The van der Waals surface area contributed by atoms with Gasteiger partial charge in [0.15, 0.2) is 0 Å². The van der Waals surface area contributed by atoms with Crippen molar-refractivity contribution in [3.05, 3.63) is 29.3 Å². The van der Waals surface area contributed by atoms with Gasteiger partial charge in [0.05, 0.1) is 0 Å². The largest absolute Gasteiger partial charge is 0.489 e. The summed E-state index contributed by atoms with van der Waals surface area (Å²) in [6, 6.07) is 6.57. The van der Waals surface area contributed by atoms with Gasteiger partial charge in [0.1, 0.15) is 11.9 Å². The molecule has 0 radical (unpaired) electrons. The first-order valence-corrected chi connectivity index (χ1v) is 7.93. The second kappa shape index (κ2) is 8.31. The van der Waals surface area contributed by atoms with Crippen LogP contribution in [0.25, 0.3) is 0 Å². The Bertz CT molecular complexity index is 398. The molecule has 0 heterocycles. The fourth-order valence-electron chi connectivity index (χ4n) is 2.10. The Labute approximate surface area is 124 Å². The maximum Gasteiger partial charge on any atom is 0.122 e. The topological polar surface area (TPSA) is 21.3 Å². The molecule has 1 N–H and O–H groups in total. The number of rotatable bonds is 8. The van der Waals surface area contributed by atoms with Crippen LogP contribution in [-0.2, 0) is 0 Å². The summed E-state index contributed by atoms with van der Waals surface area (Å²) in [6.45, 7) is 15.2. The second-order valence-electron chi connectivity index (χ2n) is 6.28. The van der Waals surface area contributed by atoms with Gasteiger partial charge in [0.25, 0.3) is 0 Å². The van der Waals surface area contributed by atoms with Crippen LogP contribution in [0.4, 0.5) is 0 Å². The molecule has 1 rings (SSSR count). The molecule has 0 saturated carbocycles. The lowest BCUT2D eigenvalue weighted by Gasteiger charge is -2.24. The highest BCUT2D eigenvalue weighted by Gasteiger charge is 2.16. The van der Waals surface area contributed by atoms with Crippen LogP contribution in [0.5, 0.6) is 5.75 Å². The molecule has 2 nitrogen and oxygen atoms in total. The van der Waals surface area contributed by atoms with Crippen molar-refractivity contribution in [1.82, 2.24) is 5.32 Å². The number of aryl methyl sites for hydroxylation is 1. The Kier molecular flexibility index (Phi) is 7.08. The minimum absolute atomic E-state index is 0.225. The Morgan fingerprint density at radius 3 is 2.40 bits per heavy atom. The molecule has 1 aromatic carbocycles. The third-order valence-corrected chi connectivity index (χ3v) is 3.67. The van der Waals surface area contributed by atoms with Gasteiger partial charge in [0.2, 0.25) is 0 Å². The summed E-state index contributed by atoms with van der Waals surface area (Å²) in [6.07, 6.45) is 1.38. The van der Waals surface area contributed by atoms with E-state index in [9.17, 15) is 0 Å². The molecule has 0 aliphatic carbocycles. The summed E-state index contributed by atoms with van der Waals surface area (Å²) < 4.78 is 6.28. The van der Waals surface area contributed by atoms with Crippen LogP contribution in [0.3, 0.4) is 0 Å². The van der Waals surface area contributed by atoms with Crippen LogP contribution in [0.1, 0.15) is 58.1 Å². The predicted molar refractivity (Wildman–Crippen MR) is 87.7 cm³/mol. The number of ether oxygens (including phenoxy) is 1. The van der Waals surface area contributed by atoms with E-state index in [0.717, 1.165) is 25.3 Å². The van der Waals surface area contributed by atoms with Crippen molar-refractivity contribution < 1.29 is 4.74 Å². The molecule has 0 fully saturated rings. The van der Waals surface area contributed by atoms with E-state index in [1.54, 1.807) is 0 Å². The average Bonchev–Trinajstić information content (AvgIpc) is 2.39. The van der Waals surface area contributed by atoms with Crippen molar-refractivity contribution in [1.29, 1.82) is 0 Å². The highest BCUT2D eigenvalue weighted by molar-refractivity contribution is 5.38. The summed E-state index contributed by atoms with van der Waals surface area (Å²) in [7, 11) is 0. The molecule has 2 heteroatoms. The van der Waals surface area contributed by atoms with E-state index in [4.69, 9.17) is 4.74 Å². The molecule has 1 aromatic rings. The fourth-order valence-corrected chi connectivity index (χ4v) is 2.10. The molecule has 1 atom stereocenters. The van der Waals surface area contributed by atoms with Crippen molar-refractivity contribution in [2.24, 2.45) is 5.92 Å². The van der Waals surface area contributed by atoms with Gasteiger partial charge in [-0.15, -0.1) is 0 Å². The third kappa shape index (κ3) is 5.16. The van der Waals surface area contributed by atoms with Gasteiger partial charge in [-0.25, -0.2) is 0 Å². The highest BCUT2D eigenvalue weighted by Crippen LogP contribution is 2.26. The average molecular weight is 277 g/mol. The lowest BCUT2D eigenvalue weighted by atomic mass is 10.0. The summed E-state index contributed by atoms with van der Waals surface area (Å²) >= 11 is 0. The summed E-state index contributed by atoms with van der Waals surface area (Å²) in [5, 5.41) is 3.47. The van der Waals surface area contributed by atoms with Crippen LogP contribution in [-0.4, -0.2) is 19.2 Å². The van der Waals surface area contributed by atoms with Gasteiger partial charge in [-0.3, -0.25) is 0 Å². The first kappa shape index (κ1) is 17.0. The van der Waals surface area contributed by atoms with E-state index < -0.39 is 0 Å².